The first kappa shape index (κ1) is 9.88. The number of nitrogens with one attached hydrogen (secondary N) is 3. The van der Waals surface area contributed by atoms with E-state index in [9.17, 15) is 0 Å². The van der Waals surface area contributed by atoms with E-state index in [1.807, 2.05) is 18.2 Å². The van der Waals surface area contributed by atoms with Gasteiger partial charge in [0.1, 0.15) is 0 Å². The molecule has 4 nitrogen and oxygen atoms in total. The fourth-order valence-electron chi connectivity index (χ4n) is 0.780. The van der Waals surface area contributed by atoms with E-state index in [0.717, 1.165) is 5.69 Å². The molecule has 0 saturated heterocycles. The van der Waals surface area contributed by atoms with E-state index in [2.05, 4.69) is 21.2 Å². The molecule has 5 heteroatoms. The number of nitrogens with zero attached hydrogens (tertiary/aromatic N) is 1. The van der Waals surface area contributed by atoms with Crippen molar-refractivity contribution in [1.29, 1.82) is 0 Å². The molecule has 0 aromatic carbocycles. The fourth-order valence-corrected chi connectivity index (χ4v) is 0.852. The van der Waals surface area contributed by atoms with Crippen molar-refractivity contribution in [2.45, 2.75) is 6.54 Å². The average Bonchev–Trinajstić information content (AvgIpc) is 2.19. The molecule has 1 aromatic rings. The molecule has 0 fully saturated rings. The van der Waals surface area contributed by atoms with Gasteiger partial charge >= 0.3 is 0 Å². The Kier molecular flexibility index (Phi) is 4.14. The van der Waals surface area contributed by atoms with Gasteiger partial charge in [0.2, 0.25) is 0 Å². The maximum atomic E-state index is 4.87. The fraction of sp³-hybridized carbons (Fsp3) is 0.250. The lowest BCUT2D eigenvalue weighted by Crippen LogP contribution is -2.42. The molecular formula is C8H12N4S. The number of aromatic nitrogens is 1. The third-order valence-electron chi connectivity index (χ3n) is 1.42. The molecule has 0 amide bonds. The van der Waals surface area contributed by atoms with Crippen molar-refractivity contribution in [3.8, 4) is 0 Å². The topological polar surface area (TPSA) is 49.0 Å². The third kappa shape index (κ3) is 3.82. The standard InChI is InChI=1S/C8H12N4S/c1-9-8(13)12-11-6-7-4-2-3-5-10-7/h2-5,11H,6H2,1H3,(H2,9,12,13). The summed E-state index contributed by atoms with van der Waals surface area (Å²) in [6, 6.07) is 5.77. The molecule has 0 aliphatic heterocycles. The molecular weight excluding hydrogens is 184 g/mol. The Balaban J connectivity index is 2.24. The van der Waals surface area contributed by atoms with Crippen LogP contribution in [-0.2, 0) is 6.54 Å². The van der Waals surface area contributed by atoms with Crippen molar-refractivity contribution >= 4 is 17.3 Å². The van der Waals surface area contributed by atoms with Crippen LogP contribution in [-0.4, -0.2) is 17.1 Å². The summed E-state index contributed by atoms with van der Waals surface area (Å²) in [6.07, 6.45) is 1.76. The van der Waals surface area contributed by atoms with Gasteiger partial charge in [-0.1, -0.05) is 6.07 Å². The number of rotatable bonds is 3. The Labute approximate surface area is 82.7 Å². The van der Waals surface area contributed by atoms with Crippen LogP contribution in [0.4, 0.5) is 0 Å². The molecule has 1 rings (SSSR count). The molecule has 13 heavy (non-hydrogen) atoms. The number of pyridine rings is 1. The van der Waals surface area contributed by atoms with Gasteiger partial charge < -0.3 is 5.32 Å². The summed E-state index contributed by atoms with van der Waals surface area (Å²) in [4.78, 5) is 4.14. The molecule has 0 spiro atoms. The Morgan fingerprint density at radius 2 is 2.38 bits per heavy atom. The minimum Gasteiger partial charge on any atom is -0.365 e. The van der Waals surface area contributed by atoms with Crippen LogP contribution < -0.4 is 16.2 Å². The zero-order valence-corrected chi connectivity index (χ0v) is 8.19. The molecule has 0 unspecified atom stereocenters. The van der Waals surface area contributed by atoms with Crippen molar-refractivity contribution in [3.63, 3.8) is 0 Å². The van der Waals surface area contributed by atoms with Gasteiger partial charge in [0.25, 0.3) is 0 Å². The van der Waals surface area contributed by atoms with E-state index in [1.54, 1.807) is 13.2 Å². The van der Waals surface area contributed by atoms with Gasteiger partial charge in [0.15, 0.2) is 5.11 Å². The highest BCUT2D eigenvalue weighted by Gasteiger charge is 1.92. The van der Waals surface area contributed by atoms with Crippen LogP contribution >= 0.6 is 12.2 Å². The Hall–Kier alpha value is -1.20. The number of thiocarbonyl (C=S) groups is 1. The molecule has 0 saturated carbocycles. The second-order valence-corrected chi connectivity index (χ2v) is 2.79. The first-order valence-corrected chi connectivity index (χ1v) is 4.34. The molecule has 0 aliphatic rings. The van der Waals surface area contributed by atoms with Crippen molar-refractivity contribution in [2.24, 2.45) is 0 Å². The van der Waals surface area contributed by atoms with Crippen LogP contribution in [0.25, 0.3) is 0 Å². The summed E-state index contributed by atoms with van der Waals surface area (Å²) in [6.45, 7) is 0.642. The maximum Gasteiger partial charge on any atom is 0.180 e. The normalized spacial score (nSPS) is 9.31. The summed E-state index contributed by atoms with van der Waals surface area (Å²) < 4.78 is 0. The first-order chi connectivity index (χ1) is 6.33. The van der Waals surface area contributed by atoms with E-state index in [0.29, 0.717) is 11.7 Å². The lowest BCUT2D eigenvalue weighted by molar-refractivity contribution is 0.637. The van der Waals surface area contributed by atoms with Crippen molar-refractivity contribution in [3.05, 3.63) is 30.1 Å². The first-order valence-electron chi connectivity index (χ1n) is 3.93. The molecule has 3 N–H and O–H groups in total. The summed E-state index contributed by atoms with van der Waals surface area (Å²) in [7, 11) is 1.76. The minimum atomic E-state index is 0.566. The average molecular weight is 196 g/mol. The van der Waals surface area contributed by atoms with Crippen LogP contribution in [0.15, 0.2) is 24.4 Å². The monoisotopic (exact) mass is 196 g/mol. The SMILES string of the molecule is CNC(=S)NNCc1ccccn1. The van der Waals surface area contributed by atoms with Crippen LogP contribution in [0, 0.1) is 0 Å². The van der Waals surface area contributed by atoms with Gasteiger partial charge in [-0.25, -0.2) is 5.43 Å². The van der Waals surface area contributed by atoms with Gasteiger partial charge in [-0.2, -0.15) is 0 Å². The third-order valence-corrected chi connectivity index (χ3v) is 1.73. The largest absolute Gasteiger partial charge is 0.365 e. The zero-order chi connectivity index (χ0) is 9.52. The van der Waals surface area contributed by atoms with E-state index in [4.69, 9.17) is 12.2 Å². The van der Waals surface area contributed by atoms with Gasteiger partial charge in [-0.05, 0) is 24.4 Å². The van der Waals surface area contributed by atoms with E-state index in [1.165, 1.54) is 0 Å². The van der Waals surface area contributed by atoms with Crippen LogP contribution in [0.5, 0.6) is 0 Å². The minimum absolute atomic E-state index is 0.566. The highest BCUT2D eigenvalue weighted by Crippen LogP contribution is 1.90. The highest BCUT2D eigenvalue weighted by molar-refractivity contribution is 7.80. The Morgan fingerprint density at radius 1 is 1.54 bits per heavy atom. The molecule has 0 bridgehead atoms. The molecule has 0 atom stereocenters. The predicted octanol–water partition coefficient (Wildman–Crippen LogP) is 0.180. The quantitative estimate of drug-likeness (QED) is 0.475. The number of hydrazine groups is 1. The van der Waals surface area contributed by atoms with Crippen LogP contribution in [0.1, 0.15) is 5.69 Å². The molecule has 0 aliphatic carbocycles. The van der Waals surface area contributed by atoms with Crippen LogP contribution in [0.3, 0.4) is 0 Å². The second-order valence-electron chi connectivity index (χ2n) is 2.38. The maximum absolute atomic E-state index is 4.87. The smallest absolute Gasteiger partial charge is 0.180 e. The van der Waals surface area contributed by atoms with Crippen molar-refractivity contribution in [2.75, 3.05) is 7.05 Å². The van der Waals surface area contributed by atoms with Gasteiger partial charge in [0, 0.05) is 13.2 Å². The number of hydrogen-bond acceptors (Lipinski definition) is 3. The van der Waals surface area contributed by atoms with Gasteiger partial charge in [-0.3, -0.25) is 10.4 Å². The van der Waals surface area contributed by atoms with E-state index in [-0.39, 0.29) is 0 Å². The van der Waals surface area contributed by atoms with E-state index < -0.39 is 0 Å². The summed E-state index contributed by atoms with van der Waals surface area (Å²) in [5.74, 6) is 0. The highest BCUT2D eigenvalue weighted by atomic mass is 32.1. The van der Waals surface area contributed by atoms with Gasteiger partial charge in [0.05, 0.1) is 12.2 Å². The number of hydrogen-bond donors (Lipinski definition) is 3. The van der Waals surface area contributed by atoms with Crippen molar-refractivity contribution in [1.82, 2.24) is 21.2 Å². The predicted molar refractivity (Wildman–Crippen MR) is 55.9 cm³/mol. The second kappa shape index (κ2) is 5.45. The molecule has 0 radical (unpaired) electrons. The zero-order valence-electron chi connectivity index (χ0n) is 7.37. The molecule has 1 aromatic heterocycles. The summed E-state index contributed by atoms with van der Waals surface area (Å²) >= 11 is 4.87. The van der Waals surface area contributed by atoms with Crippen molar-refractivity contribution < 1.29 is 0 Å². The molecule has 70 valence electrons. The lowest BCUT2D eigenvalue weighted by atomic mass is 10.4. The Bertz CT molecular complexity index is 262. The molecule has 1 heterocycles. The van der Waals surface area contributed by atoms with Gasteiger partial charge in [-0.15, -0.1) is 0 Å². The summed E-state index contributed by atoms with van der Waals surface area (Å²) in [5, 5.41) is 3.35. The van der Waals surface area contributed by atoms with E-state index >= 15 is 0 Å². The summed E-state index contributed by atoms with van der Waals surface area (Å²) in [5.41, 5.74) is 6.71. The lowest BCUT2D eigenvalue weighted by Gasteiger charge is -2.07. The Morgan fingerprint density at radius 3 is 3.00 bits per heavy atom. The van der Waals surface area contributed by atoms with Crippen LogP contribution in [0.2, 0.25) is 0 Å².